The van der Waals surface area contributed by atoms with E-state index in [1.165, 1.54) is 11.8 Å². The molecule has 3 aromatic rings. The molecular weight excluding hydrogens is 338 g/mol. The highest BCUT2D eigenvalue weighted by molar-refractivity contribution is 5.82. The Hall–Kier alpha value is -3.65. The van der Waals surface area contributed by atoms with Crippen molar-refractivity contribution in [3.8, 4) is 17.4 Å². The van der Waals surface area contributed by atoms with Gasteiger partial charge in [0, 0.05) is 5.56 Å². The molecule has 0 unspecified atom stereocenters. The summed E-state index contributed by atoms with van der Waals surface area (Å²) in [5, 5.41) is 13.1. The van der Waals surface area contributed by atoms with Crippen LogP contribution < -0.4 is 5.43 Å². The lowest BCUT2D eigenvalue weighted by Crippen LogP contribution is -2.19. The van der Waals surface area contributed by atoms with Gasteiger partial charge in [-0.2, -0.15) is 10.4 Å². The Bertz CT molecular complexity index is 995. The van der Waals surface area contributed by atoms with Crippen molar-refractivity contribution in [3.05, 3.63) is 83.1 Å². The van der Waals surface area contributed by atoms with Gasteiger partial charge in [-0.15, -0.1) is 0 Å². The summed E-state index contributed by atoms with van der Waals surface area (Å²) < 4.78 is 5.69. The number of nitrogens with zero attached hydrogens (tertiary/aromatic N) is 2. The minimum atomic E-state index is -0.197. The van der Waals surface area contributed by atoms with Crippen molar-refractivity contribution < 1.29 is 9.21 Å². The molecular formula is C22H19N3O2. The van der Waals surface area contributed by atoms with E-state index < -0.39 is 0 Å². The predicted molar refractivity (Wildman–Crippen MR) is 104 cm³/mol. The first-order valence-corrected chi connectivity index (χ1v) is 8.68. The van der Waals surface area contributed by atoms with Crippen LogP contribution in [-0.2, 0) is 17.6 Å². The van der Waals surface area contributed by atoms with Crippen LogP contribution in [0.1, 0.15) is 29.4 Å². The molecule has 0 atom stereocenters. The number of benzene rings is 2. The number of nitriles is 1. The van der Waals surface area contributed by atoms with Gasteiger partial charge in [-0.25, -0.2) is 5.43 Å². The average molecular weight is 357 g/mol. The van der Waals surface area contributed by atoms with Crippen molar-refractivity contribution in [2.24, 2.45) is 5.10 Å². The number of rotatable bonds is 6. The number of hydrogen-bond donors (Lipinski definition) is 1. The van der Waals surface area contributed by atoms with E-state index in [4.69, 9.17) is 4.42 Å². The van der Waals surface area contributed by atoms with Gasteiger partial charge in [0.15, 0.2) is 0 Å². The van der Waals surface area contributed by atoms with E-state index in [0.29, 0.717) is 17.1 Å². The van der Waals surface area contributed by atoms with Crippen molar-refractivity contribution >= 4 is 12.1 Å². The minimum absolute atomic E-state index is 0.197. The number of aryl methyl sites for hydroxylation is 1. The monoisotopic (exact) mass is 357 g/mol. The van der Waals surface area contributed by atoms with Crippen LogP contribution in [0.25, 0.3) is 11.3 Å². The fraction of sp³-hybridized carbons (Fsp3) is 0.136. The zero-order valence-corrected chi connectivity index (χ0v) is 15.0. The summed E-state index contributed by atoms with van der Waals surface area (Å²) in [7, 11) is 0. The summed E-state index contributed by atoms with van der Waals surface area (Å²) in [6.45, 7) is 2.09. The first-order chi connectivity index (χ1) is 13.2. The van der Waals surface area contributed by atoms with E-state index in [1.807, 2.05) is 36.4 Å². The van der Waals surface area contributed by atoms with Gasteiger partial charge in [-0.3, -0.25) is 4.79 Å². The highest BCUT2D eigenvalue weighted by Crippen LogP contribution is 2.24. The van der Waals surface area contributed by atoms with Crippen LogP contribution in [0.15, 0.2) is 70.2 Å². The van der Waals surface area contributed by atoms with E-state index in [9.17, 15) is 10.1 Å². The molecule has 0 saturated carbocycles. The molecule has 0 spiro atoms. The molecule has 1 N–H and O–H groups in total. The molecule has 1 heterocycles. The lowest BCUT2D eigenvalue weighted by atomic mass is 10.1. The fourth-order valence-electron chi connectivity index (χ4n) is 2.65. The first kappa shape index (κ1) is 18.2. The van der Waals surface area contributed by atoms with Gasteiger partial charge in [-0.05, 0) is 41.8 Å². The smallest absolute Gasteiger partial charge is 0.244 e. The number of carbonyl (C=O) groups is 1. The molecule has 0 radical (unpaired) electrons. The normalized spacial score (nSPS) is 10.7. The van der Waals surface area contributed by atoms with Gasteiger partial charge in [0.25, 0.3) is 0 Å². The molecule has 0 saturated heterocycles. The Kier molecular flexibility index (Phi) is 5.80. The summed E-state index contributed by atoms with van der Waals surface area (Å²) in [6, 6.07) is 20.8. The predicted octanol–water partition coefficient (Wildman–Crippen LogP) is 4.07. The highest BCUT2D eigenvalue weighted by atomic mass is 16.3. The number of hydrogen-bond acceptors (Lipinski definition) is 4. The van der Waals surface area contributed by atoms with Crippen LogP contribution in [0, 0.1) is 11.3 Å². The summed E-state index contributed by atoms with van der Waals surface area (Å²) in [4.78, 5) is 12.0. The van der Waals surface area contributed by atoms with Crippen LogP contribution in [-0.4, -0.2) is 12.1 Å². The molecule has 3 rings (SSSR count). The van der Waals surface area contributed by atoms with Crippen LogP contribution in [0.5, 0.6) is 0 Å². The molecule has 134 valence electrons. The van der Waals surface area contributed by atoms with Gasteiger partial charge in [0.05, 0.1) is 24.3 Å². The Morgan fingerprint density at radius 2 is 1.85 bits per heavy atom. The Balaban J connectivity index is 1.59. The quantitative estimate of drug-likeness (QED) is 0.533. The molecule has 5 heteroatoms. The molecule has 0 fully saturated rings. The van der Waals surface area contributed by atoms with E-state index >= 15 is 0 Å². The van der Waals surface area contributed by atoms with Gasteiger partial charge in [0.1, 0.15) is 11.5 Å². The Morgan fingerprint density at radius 3 is 2.59 bits per heavy atom. The number of nitrogens with one attached hydrogen (secondary N) is 1. The zero-order valence-electron chi connectivity index (χ0n) is 15.0. The maximum absolute atomic E-state index is 12.0. The van der Waals surface area contributed by atoms with E-state index in [-0.39, 0.29) is 12.3 Å². The van der Waals surface area contributed by atoms with Crippen LogP contribution in [0.3, 0.4) is 0 Å². The van der Waals surface area contributed by atoms with Crippen molar-refractivity contribution in [2.45, 2.75) is 19.8 Å². The maximum Gasteiger partial charge on any atom is 0.244 e. The van der Waals surface area contributed by atoms with Crippen molar-refractivity contribution in [1.82, 2.24) is 5.43 Å². The van der Waals surface area contributed by atoms with Gasteiger partial charge >= 0.3 is 0 Å². The van der Waals surface area contributed by atoms with Crippen LogP contribution >= 0.6 is 0 Å². The number of carbonyl (C=O) groups excluding carboxylic acids is 1. The summed E-state index contributed by atoms with van der Waals surface area (Å²) >= 11 is 0. The zero-order chi connectivity index (χ0) is 19.1. The van der Waals surface area contributed by atoms with E-state index in [2.05, 4.69) is 23.5 Å². The third-order valence-corrected chi connectivity index (χ3v) is 4.12. The molecule has 0 bridgehead atoms. The standard InChI is InChI=1S/C22H19N3O2/c1-2-16-7-9-17(10-8-16)13-22(26)25-24-15-19-11-12-21(27-19)20-6-4-3-5-18(20)14-23/h3-12,15H,2,13H2,1H3,(H,25,26)/b24-15-. The molecule has 1 aromatic heterocycles. The Labute approximate surface area is 157 Å². The summed E-state index contributed by atoms with van der Waals surface area (Å²) in [5.74, 6) is 0.874. The summed E-state index contributed by atoms with van der Waals surface area (Å²) in [5.41, 5.74) is 5.94. The number of amides is 1. The topological polar surface area (TPSA) is 78.4 Å². The average Bonchev–Trinajstić information content (AvgIpc) is 3.17. The largest absolute Gasteiger partial charge is 0.455 e. The lowest BCUT2D eigenvalue weighted by molar-refractivity contribution is -0.120. The third-order valence-electron chi connectivity index (χ3n) is 4.12. The SMILES string of the molecule is CCc1ccc(CC(=O)N/N=C\c2ccc(-c3ccccc3C#N)o2)cc1. The summed E-state index contributed by atoms with van der Waals surface area (Å²) in [6.07, 6.45) is 2.68. The molecule has 1 amide bonds. The van der Waals surface area contributed by atoms with E-state index in [0.717, 1.165) is 17.5 Å². The number of furan rings is 1. The van der Waals surface area contributed by atoms with Crippen molar-refractivity contribution in [1.29, 1.82) is 5.26 Å². The van der Waals surface area contributed by atoms with Gasteiger partial charge in [0.2, 0.25) is 5.91 Å². The first-order valence-electron chi connectivity index (χ1n) is 8.68. The maximum atomic E-state index is 12.0. The second kappa shape index (κ2) is 8.63. The molecule has 0 aliphatic rings. The van der Waals surface area contributed by atoms with Crippen LogP contribution in [0.4, 0.5) is 0 Å². The Morgan fingerprint density at radius 1 is 1.11 bits per heavy atom. The molecule has 2 aromatic carbocycles. The van der Waals surface area contributed by atoms with Gasteiger partial charge < -0.3 is 4.42 Å². The second-order valence-corrected chi connectivity index (χ2v) is 6.00. The van der Waals surface area contributed by atoms with Crippen LogP contribution in [0.2, 0.25) is 0 Å². The van der Waals surface area contributed by atoms with Gasteiger partial charge in [-0.1, -0.05) is 43.3 Å². The second-order valence-electron chi connectivity index (χ2n) is 6.00. The van der Waals surface area contributed by atoms with E-state index in [1.54, 1.807) is 24.3 Å². The molecule has 27 heavy (non-hydrogen) atoms. The molecule has 5 nitrogen and oxygen atoms in total. The lowest BCUT2D eigenvalue weighted by Gasteiger charge is -2.02. The minimum Gasteiger partial charge on any atom is -0.455 e. The molecule has 0 aliphatic heterocycles. The fourth-order valence-corrected chi connectivity index (χ4v) is 2.65. The third kappa shape index (κ3) is 4.71. The number of hydrazone groups is 1. The highest BCUT2D eigenvalue weighted by Gasteiger charge is 2.08. The molecule has 0 aliphatic carbocycles. The van der Waals surface area contributed by atoms with Crippen molar-refractivity contribution in [3.63, 3.8) is 0 Å². The van der Waals surface area contributed by atoms with Crippen molar-refractivity contribution in [2.75, 3.05) is 0 Å².